The maximum Gasteiger partial charge on any atom is 0.139 e. The van der Waals surface area contributed by atoms with Crippen LogP contribution in [0.4, 0.5) is 0 Å². The molecule has 8 heteroatoms. The van der Waals surface area contributed by atoms with E-state index in [0.29, 0.717) is 0 Å². The van der Waals surface area contributed by atoms with Gasteiger partial charge in [0.15, 0.2) is 0 Å². The molecule has 0 aliphatic carbocycles. The molecule has 7 aromatic heterocycles. The van der Waals surface area contributed by atoms with E-state index >= 15 is 0 Å². The Labute approximate surface area is 259 Å². The Morgan fingerprint density at radius 3 is 1.70 bits per heavy atom. The van der Waals surface area contributed by atoms with Gasteiger partial charge in [0, 0.05) is 79.3 Å². The van der Waals surface area contributed by atoms with Crippen molar-refractivity contribution in [2.24, 2.45) is 0 Å². The molecule has 1 aliphatic rings. The van der Waals surface area contributed by atoms with Crippen molar-refractivity contribution in [3.63, 3.8) is 0 Å². The van der Waals surface area contributed by atoms with Crippen molar-refractivity contribution in [1.29, 1.82) is 0 Å². The SMILES string of the molecule is C1=Cc2c(n(-c3ccc4oc5cc6oc7ccc(-n8c9cnccc9c9ccncc98)cc7c6cc5c4c3)c3cnccc23)CN1. The zero-order valence-corrected chi connectivity index (χ0v) is 24.2. The number of benzene rings is 3. The minimum absolute atomic E-state index is 0.743. The number of fused-ring (bicyclic) bond motifs is 12. The van der Waals surface area contributed by atoms with Crippen molar-refractivity contribution in [3.8, 4) is 11.4 Å². The molecule has 1 N–H and O–H groups in total. The van der Waals surface area contributed by atoms with Gasteiger partial charge < -0.3 is 23.3 Å². The normalized spacial score (nSPS) is 13.2. The van der Waals surface area contributed by atoms with Gasteiger partial charge in [-0.25, -0.2) is 0 Å². The Bertz CT molecular complexity index is 2880. The quantitative estimate of drug-likeness (QED) is 0.215. The fourth-order valence-electron chi connectivity index (χ4n) is 7.46. The summed E-state index contributed by atoms with van der Waals surface area (Å²) in [5.41, 5.74) is 10.9. The third-order valence-electron chi connectivity index (χ3n) is 9.47. The van der Waals surface area contributed by atoms with Crippen LogP contribution in [0.25, 0.3) is 94.0 Å². The zero-order chi connectivity index (χ0) is 29.9. The van der Waals surface area contributed by atoms with Gasteiger partial charge >= 0.3 is 0 Å². The van der Waals surface area contributed by atoms with E-state index in [-0.39, 0.29) is 0 Å². The standard InChI is InChI=1S/C38H22N6O2/c1-3-35-27(13-21(1)43-31-17-39-9-5-23(31)24-6-10-40-18-32(24)43)29-15-30-28-14-22(2-4-36(28)46-38(30)16-37(29)45-35)44-33-19-41-11-7-25(33)26-8-12-42-20-34(26)44/h1-19,42H,20H2. The minimum atomic E-state index is 0.743. The smallest absolute Gasteiger partial charge is 0.139 e. The molecule has 46 heavy (non-hydrogen) atoms. The van der Waals surface area contributed by atoms with E-state index in [9.17, 15) is 0 Å². The summed E-state index contributed by atoms with van der Waals surface area (Å²) in [6, 6.07) is 23.2. The molecule has 0 fully saturated rings. The van der Waals surface area contributed by atoms with Crippen LogP contribution in [0.1, 0.15) is 11.3 Å². The number of pyridine rings is 3. The third-order valence-corrected chi connectivity index (χ3v) is 9.47. The molecule has 0 atom stereocenters. The summed E-state index contributed by atoms with van der Waals surface area (Å²) >= 11 is 0. The van der Waals surface area contributed by atoms with Crippen LogP contribution in [0.2, 0.25) is 0 Å². The average Bonchev–Trinajstić information content (AvgIpc) is 3.84. The highest BCUT2D eigenvalue weighted by Crippen LogP contribution is 2.40. The molecule has 8 nitrogen and oxygen atoms in total. The number of hydrogen-bond donors (Lipinski definition) is 1. The molecule has 10 aromatic rings. The van der Waals surface area contributed by atoms with Gasteiger partial charge in [0.25, 0.3) is 0 Å². The molecule has 0 radical (unpaired) electrons. The lowest BCUT2D eigenvalue weighted by molar-refractivity contribution is 0.656. The van der Waals surface area contributed by atoms with Crippen LogP contribution in [0.15, 0.2) is 119 Å². The van der Waals surface area contributed by atoms with E-state index in [1.54, 1.807) is 0 Å². The molecule has 0 amide bonds. The molecule has 1 aliphatic heterocycles. The number of nitrogens with one attached hydrogen (secondary N) is 1. The van der Waals surface area contributed by atoms with Crippen molar-refractivity contribution in [2.75, 3.05) is 0 Å². The summed E-state index contributed by atoms with van der Waals surface area (Å²) in [6.07, 6.45) is 15.5. The van der Waals surface area contributed by atoms with E-state index in [0.717, 1.165) is 89.1 Å². The Balaban J connectivity index is 1.15. The van der Waals surface area contributed by atoms with Crippen LogP contribution in [-0.4, -0.2) is 24.1 Å². The van der Waals surface area contributed by atoms with Crippen molar-refractivity contribution in [2.45, 2.75) is 6.54 Å². The van der Waals surface area contributed by atoms with Crippen LogP contribution in [0.3, 0.4) is 0 Å². The molecule has 0 unspecified atom stereocenters. The number of hydrogen-bond acceptors (Lipinski definition) is 6. The molecule has 0 spiro atoms. The minimum Gasteiger partial charge on any atom is -0.456 e. The second kappa shape index (κ2) is 8.61. The van der Waals surface area contributed by atoms with Crippen LogP contribution < -0.4 is 5.32 Å². The lowest BCUT2D eigenvalue weighted by Gasteiger charge is -2.14. The largest absolute Gasteiger partial charge is 0.456 e. The lowest BCUT2D eigenvalue weighted by atomic mass is 10.1. The predicted octanol–water partition coefficient (Wildman–Crippen LogP) is 8.79. The zero-order valence-electron chi connectivity index (χ0n) is 24.2. The summed E-state index contributed by atoms with van der Waals surface area (Å²) in [6.45, 7) is 0.743. The Kier molecular flexibility index (Phi) is 4.49. The van der Waals surface area contributed by atoms with Gasteiger partial charge in [-0.3, -0.25) is 15.0 Å². The first-order valence-electron chi connectivity index (χ1n) is 15.2. The first-order valence-corrected chi connectivity index (χ1v) is 15.2. The van der Waals surface area contributed by atoms with Gasteiger partial charge in [-0.05, 0) is 72.9 Å². The van der Waals surface area contributed by atoms with Gasteiger partial charge in [0.05, 0.1) is 47.4 Å². The number of aromatic nitrogens is 5. The molecular weight excluding hydrogens is 572 g/mol. The van der Waals surface area contributed by atoms with Crippen molar-refractivity contribution >= 4 is 82.7 Å². The third kappa shape index (κ3) is 3.09. The maximum atomic E-state index is 6.38. The average molecular weight is 595 g/mol. The molecule has 11 rings (SSSR count). The van der Waals surface area contributed by atoms with Gasteiger partial charge in [0.1, 0.15) is 22.3 Å². The Hall–Kier alpha value is -6.41. The van der Waals surface area contributed by atoms with Crippen LogP contribution in [0, 0.1) is 0 Å². The van der Waals surface area contributed by atoms with Gasteiger partial charge in [-0.2, -0.15) is 0 Å². The van der Waals surface area contributed by atoms with Gasteiger partial charge in [-0.1, -0.05) is 0 Å². The van der Waals surface area contributed by atoms with Gasteiger partial charge in [-0.15, -0.1) is 0 Å². The topological polar surface area (TPSA) is 86.8 Å². The lowest BCUT2D eigenvalue weighted by Crippen LogP contribution is -2.13. The van der Waals surface area contributed by atoms with Crippen molar-refractivity contribution < 1.29 is 8.83 Å². The van der Waals surface area contributed by atoms with Crippen LogP contribution in [0.5, 0.6) is 0 Å². The number of nitrogens with zero attached hydrogens (tertiary/aromatic N) is 5. The molecular formula is C38H22N6O2. The molecule has 0 saturated heterocycles. The first-order chi connectivity index (χ1) is 22.8. The van der Waals surface area contributed by atoms with Crippen molar-refractivity contribution in [1.82, 2.24) is 29.4 Å². The summed E-state index contributed by atoms with van der Waals surface area (Å²) < 4.78 is 17.3. The number of rotatable bonds is 2. The van der Waals surface area contributed by atoms with E-state index in [2.05, 4.69) is 90.1 Å². The van der Waals surface area contributed by atoms with E-state index in [1.165, 1.54) is 16.6 Å². The maximum absolute atomic E-state index is 6.38. The van der Waals surface area contributed by atoms with Crippen molar-refractivity contribution in [3.05, 3.63) is 121 Å². The molecule has 0 saturated carbocycles. The fraction of sp³-hybridized carbons (Fsp3) is 0.0263. The van der Waals surface area contributed by atoms with Crippen LogP contribution in [-0.2, 0) is 6.54 Å². The molecule has 0 bridgehead atoms. The fourth-order valence-corrected chi connectivity index (χ4v) is 7.46. The number of furan rings is 2. The van der Waals surface area contributed by atoms with E-state index in [4.69, 9.17) is 8.83 Å². The summed E-state index contributed by atoms with van der Waals surface area (Å²) in [4.78, 5) is 13.3. The van der Waals surface area contributed by atoms with Crippen LogP contribution >= 0.6 is 0 Å². The summed E-state index contributed by atoms with van der Waals surface area (Å²) in [5.74, 6) is 0. The second-order valence-corrected chi connectivity index (χ2v) is 11.8. The predicted molar refractivity (Wildman–Crippen MR) is 181 cm³/mol. The van der Waals surface area contributed by atoms with E-state index < -0.39 is 0 Å². The highest BCUT2D eigenvalue weighted by molar-refractivity contribution is 6.16. The first kappa shape index (κ1) is 24.0. The van der Waals surface area contributed by atoms with E-state index in [1.807, 2.05) is 55.5 Å². The highest BCUT2D eigenvalue weighted by Gasteiger charge is 2.21. The summed E-state index contributed by atoms with van der Waals surface area (Å²) in [7, 11) is 0. The van der Waals surface area contributed by atoms with Gasteiger partial charge in [0.2, 0.25) is 0 Å². The Morgan fingerprint density at radius 1 is 0.522 bits per heavy atom. The molecule has 8 heterocycles. The highest BCUT2D eigenvalue weighted by atomic mass is 16.3. The molecule has 216 valence electrons. The second-order valence-electron chi connectivity index (χ2n) is 11.8. The monoisotopic (exact) mass is 594 g/mol. The summed E-state index contributed by atoms with van der Waals surface area (Å²) in [5, 5.41) is 11.0. The molecule has 3 aromatic carbocycles. The Morgan fingerprint density at radius 2 is 1.07 bits per heavy atom.